The number of methoxy groups -OCH3 is 1. The zero-order valence-corrected chi connectivity index (χ0v) is 15.8. The number of carbonyl (C=O) groups excluding carboxylic acids is 1. The Morgan fingerprint density at radius 3 is 2.67 bits per heavy atom. The van der Waals surface area contributed by atoms with Crippen molar-refractivity contribution < 1.29 is 9.53 Å². The average molecular weight is 383 g/mol. The zero-order chi connectivity index (χ0) is 19.4. The number of aromatic nitrogens is 2. The lowest BCUT2D eigenvalue weighted by atomic mass is 10.0. The van der Waals surface area contributed by atoms with Gasteiger partial charge in [-0.15, -0.1) is 0 Å². The van der Waals surface area contributed by atoms with Gasteiger partial charge in [-0.2, -0.15) is 5.10 Å². The Balaban J connectivity index is 1.90. The smallest absolute Gasteiger partial charge is 0.267 e. The number of hydrogen-bond acceptors (Lipinski definition) is 4. The van der Waals surface area contributed by atoms with E-state index in [-0.39, 0.29) is 17.8 Å². The first-order valence-corrected chi connectivity index (χ1v) is 8.88. The number of hydrogen-bond donors (Lipinski definition) is 0. The second-order valence-electron chi connectivity index (χ2n) is 6.14. The fourth-order valence-corrected chi connectivity index (χ4v) is 2.96. The number of nitrogens with zero attached hydrogens (tertiary/aromatic N) is 2. The number of Topliss-reactive ketones (excluding diaryl/α,β-unsaturated/α-hetero) is 1. The van der Waals surface area contributed by atoms with Gasteiger partial charge in [-0.1, -0.05) is 41.9 Å². The van der Waals surface area contributed by atoms with Crippen LogP contribution in [0.4, 0.5) is 0 Å². The van der Waals surface area contributed by atoms with Crippen LogP contribution in [0.3, 0.4) is 0 Å². The minimum absolute atomic E-state index is 0.137. The van der Waals surface area contributed by atoms with Crippen LogP contribution in [0.1, 0.15) is 18.5 Å². The van der Waals surface area contributed by atoms with Crippen LogP contribution in [0, 0.1) is 0 Å². The Hall–Kier alpha value is -2.92. The zero-order valence-electron chi connectivity index (χ0n) is 15.1. The third kappa shape index (κ3) is 4.26. The van der Waals surface area contributed by atoms with Crippen molar-refractivity contribution in [3.63, 3.8) is 0 Å². The Bertz CT molecular complexity index is 1030. The van der Waals surface area contributed by atoms with Crippen molar-refractivity contribution >= 4 is 17.4 Å². The Morgan fingerprint density at radius 2 is 1.93 bits per heavy atom. The number of halogens is 1. The highest BCUT2D eigenvalue weighted by atomic mass is 35.5. The van der Waals surface area contributed by atoms with Crippen molar-refractivity contribution in [3.8, 4) is 17.0 Å². The van der Waals surface area contributed by atoms with Crippen molar-refractivity contribution in [3.05, 3.63) is 81.6 Å². The van der Waals surface area contributed by atoms with Gasteiger partial charge < -0.3 is 4.74 Å². The summed E-state index contributed by atoms with van der Waals surface area (Å²) in [4.78, 5) is 25.0. The predicted molar refractivity (Wildman–Crippen MR) is 105 cm³/mol. The highest BCUT2D eigenvalue weighted by molar-refractivity contribution is 6.31. The van der Waals surface area contributed by atoms with Crippen molar-refractivity contribution in [1.82, 2.24) is 9.78 Å². The highest BCUT2D eigenvalue weighted by Crippen LogP contribution is 2.22. The molecule has 0 aliphatic heterocycles. The molecule has 3 rings (SSSR count). The van der Waals surface area contributed by atoms with Crippen molar-refractivity contribution in [2.45, 2.75) is 19.4 Å². The van der Waals surface area contributed by atoms with Gasteiger partial charge >= 0.3 is 0 Å². The minimum Gasteiger partial charge on any atom is -0.497 e. The topological polar surface area (TPSA) is 61.2 Å². The fraction of sp³-hybridized carbons (Fsp3) is 0.190. The summed E-state index contributed by atoms with van der Waals surface area (Å²) in [5.74, 6) is 0.551. The molecule has 0 fully saturated rings. The minimum atomic E-state index is -0.709. The number of rotatable bonds is 6. The predicted octanol–water partition coefficient (Wildman–Crippen LogP) is 3.95. The summed E-state index contributed by atoms with van der Waals surface area (Å²) in [6.07, 6.45) is 0.137. The molecule has 3 aromatic rings. The van der Waals surface area contributed by atoms with Gasteiger partial charge in [-0.3, -0.25) is 9.59 Å². The fourth-order valence-electron chi connectivity index (χ4n) is 2.75. The number of ketones is 1. The van der Waals surface area contributed by atoms with Crippen LogP contribution in [-0.4, -0.2) is 22.7 Å². The molecule has 0 saturated carbocycles. The maximum atomic E-state index is 12.7. The first-order chi connectivity index (χ1) is 13.0. The van der Waals surface area contributed by atoms with E-state index in [1.807, 2.05) is 36.4 Å². The first kappa shape index (κ1) is 18.9. The van der Waals surface area contributed by atoms with Crippen LogP contribution < -0.4 is 10.3 Å². The summed E-state index contributed by atoms with van der Waals surface area (Å²) < 4.78 is 6.45. The van der Waals surface area contributed by atoms with Gasteiger partial charge in [0.15, 0.2) is 5.78 Å². The van der Waals surface area contributed by atoms with Gasteiger partial charge in [-0.05, 0) is 36.8 Å². The van der Waals surface area contributed by atoms with Crippen molar-refractivity contribution in [2.75, 3.05) is 7.11 Å². The van der Waals surface area contributed by atoms with Crippen molar-refractivity contribution in [2.24, 2.45) is 0 Å². The molecule has 138 valence electrons. The van der Waals surface area contributed by atoms with E-state index in [0.717, 1.165) is 11.1 Å². The molecule has 0 amide bonds. The third-order valence-electron chi connectivity index (χ3n) is 4.35. The summed E-state index contributed by atoms with van der Waals surface area (Å²) in [5.41, 5.74) is 1.79. The van der Waals surface area contributed by atoms with E-state index < -0.39 is 6.04 Å². The molecule has 27 heavy (non-hydrogen) atoms. The van der Waals surface area contributed by atoms with Gasteiger partial charge in [0.25, 0.3) is 5.56 Å². The molecule has 0 aliphatic carbocycles. The largest absolute Gasteiger partial charge is 0.497 e. The molecule has 1 unspecified atom stereocenters. The van der Waals surface area contributed by atoms with Crippen LogP contribution in [0.5, 0.6) is 5.75 Å². The molecule has 0 N–H and O–H groups in total. The third-order valence-corrected chi connectivity index (χ3v) is 4.71. The molecular formula is C21H19ClN2O3. The van der Waals surface area contributed by atoms with Gasteiger partial charge in [-0.25, -0.2) is 4.68 Å². The standard InChI is InChI=1S/C21H19ClN2O3/c1-14(20(25)13-15-6-3-4-9-18(15)22)24-21(26)11-10-19(23-24)16-7-5-8-17(12-16)27-2/h3-12,14H,13H2,1-2H3. The number of ether oxygens (including phenoxy) is 1. The molecule has 0 radical (unpaired) electrons. The second kappa shape index (κ2) is 8.18. The number of benzene rings is 2. The molecule has 6 heteroatoms. The number of carbonyl (C=O) groups is 1. The summed E-state index contributed by atoms with van der Waals surface area (Å²) >= 11 is 6.14. The second-order valence-corrected chi connectivity index (χ2v) is 6.55. The molecule has 0 aliphatic rings. The molecule has 1 heterocycles. The lowest BCUT2D eigenvalue weighted by Gasteiger charge is -2.14. The average Bonchev–Trinajstić information content (AvgIpc) is 2.69. The van der Waals surface area contributed by atoms with E-state index in [0.29, 0.717) is 16.5 Å². The van der Waals surface area contributed by atoms with Crippen LogP contribution in [-0.2, 0) is 11.2 Å². The molecule has 0 spiro atoms. The molecule has 1 aromatic heterocycles. The van der Waals surface area contributed by atoms with Crippen LogP contribution in [0.25, 0.3) is 11.3 Å². The molecule has 5 nitrogen and oxygen atoms in total. The Labute approximate surface area is 162 Å². The molecule has 0 saturated heterocycles. The lowest BCUT2D eigenvalue weighted by Crippen LogP contribution is -2.30. The van der Waals surface area contributed by atoms with Gasteiger partial charge in [0.1, 0.15) is 11.8 Å². The maximum absolute atomic E-state index is 12.7. The Morgan fingerprint density at radius 1 is 1.15 bits per heavy atom. The summed E-state index contributed by atoms with van der Waals surface area (Å²) in [6.45, 7) is 1.67. The van der Waals surface area contributed by atoms with Gasteiger partial charge in [0.05, 0.1) is 12.8 Å². The first-order valence-electron chi connectivity index (χ1n) is 8.50. The molecule has 2 aromatic carbocycles. The van der Waals surface area contributed by atoms with Gasteiger partial charge in [0, 0.05) is 23.1 Å². The van der Waals surface area contributed by atoms with Crippen LogP contribution in [0.2, 0.25) is 5.02 Å². The molecule has 1 atom stereocenters. The van der Waals surface area contributed by atoms with E-state index in [4.69, 9.17) is 16.3 Å². The highest BCUT2D eigenvalue weighted by Gasteiger charge is 2.19. The monoisotopic (exact) mass is 382 g/mol. The molecular weight excluding hydrogens is 364 g/mol. The maximum Gasteiger partial charge on any atom is 0.267 e. The van der Waals surface area contributed by atoms with E-state index >= 15 is 0 Å². The van der Waals surface area contributed by atoms with E-state index in [1.54, 1.807) is 32.2 Å². The van der Waals surface area contributed by atoms with Crippen LogP contribution >= 0.6 is 11.6 Å². The van der Waals surface area contributed by atoms with Crippen LogP contribution in [0.15, 0.2) is 65.5 Å². The summed E-state index contributed by atoms with van der Waals surface area (Å²) in [7, 11) is 1.59. The summed E-state index contributed by atoms with van der Waals surface area (Å²) in [6, 6.07) is 16.9. The van der Waals surface area contributed by atoms with E-state index in [9.17, 15) is 9.59 Å². The van der Waals surface area contributed by atoms with Crippen molar-refractivity contribution in [1.29, 1.82) is 0 Å². The summed E-state index contributed by atoms with van der Waals surface area (Å²) in [5, 5.41) is 4.93. The lowest BCUT2D eigenvalue weighted by molar-refractivity contribution is -0.121. The normalized spacial score (nSPS) is 11.8. The van der Waals surface area contributed by atoms with E-state index in [1.165, 1.54) is 10.7 Å². The SMILES string of the molecule is COc1cccc(-c2ccc(=O)n(C(C)C(=O)Cc3ccccc3Cl)n2)c1. The van der Waals surface area contributed by atoms with Gasteiger partial charge in [0.2, 0.25) is 0 Å². The molecule has 0 bridgehead atoms. The van der Waals surface area contributed by atoms with E-state index in [2.05, 4.69) is 5.10 Å². The Kier molecular flexibility index (Phi) is 5.72. The quantitative estimate of drug-likeness (QED) is 0.647.